The lowest BCUT2D eigenvalue weighted by Crippen LogP contribution is -2.41. The van der Waals surface area contributed by atoms with Crippen LogP contribution in [0, 0.1) is 0 Å². The summed E-state index contributed by atoms with van der Waals surface area (Å²) in [6.45, 7) is 1.79. The standard InChI is InChI=1S/C20H43N5O2S/c1-22-20(23-2)25-14-11-12-18(21)19(27)24-13-7-3-5-9-16-28-17-10-6-4-8-15-26/h18,26H,3-17,21H2,1-2H3,(H,24,27)(H2,22,23,25). The predicted octanol–water partition coefficient (Wildman–Crippen LogP) is 1.85. The number of thioether (sulfide) groups is 1. The van der Waals surface area contributed by atoms with Crippen LogP contribution in [0.15, 0.2) is 4.99 Å². The molecule has 0 aliphatic rings. The molecule has 6 N–H and O–H groups in total. The van der Waals surface area contributed by atoms with Crippen molar-refractivity contribution in [1.82, 2.24) is 16.0 Å². The highest BCUT2D eigenvalue weighted by molar-refractivity contribution is 7.99. The maximum Gasteiger partial charge on any atom is 0.236 e. The summed E-state index contributed by atoms with van der Waals surface area (Å²) in [6, 6.07) is -0.438. The van der Waals surface area contributed by atoms with Gasteiger partial charge in [-0.25, -0.2) is 0 Å². The van der Waals surface area contributed by atoms with Crippen molar-refractivity contribution >= 4 is 23.6 Å². The third-order valence-corrected chi connectivity index (χ3v) is 5.65. The topological polar surface area (TPSA) is 112 Å². The quantitative estimate of drug-likeness (QED) is 0.132. The number of nitrogens with zero attached hydrogens (tertiary/aromatic N) is 1. The van der Waals surface area contributed by atoms with Crippen LogP contribution in [0.5, 0.6) is 0 Å². The maximum atomic E-state index is 12.0. The molecule has 1 amide bonds. The molecule has 0 heterocycles. The number of nitrogens with one attached hydrogen (secondary N) is 3. The molecule has 28 heavy (non-hydrogen) atoms. The molecule has 0 fully saturated rings. The fraction of sp³-hybridized carbons (Fsp3) is 0.900. The van der Waals surface area contributed by atoms with Crippen LogP contribution < -0.4 is 21.7 Å². The van der Waals surface area contributed by atoms with Gasteiger partial charge in [0.2, 0.25) is 5.91 Å². The van der Waals surface area contributed by atoms with Crippen LogP contribution >= 0.6 is 11.8 Å². The molecule has 0 aromatic carbocycles. The van der Waals surface area contributed by atoms with Gasteiger partial charge in [-0.05, 0) is 50.0 Å². The minimum atomic E-state index is -0.438. The summed E-state index contributed by atoms with van der Waals surface area (Å²) < 4.78 is 0. The monoisotopic (exact) mass is 417 g/mol. The van der Waals surface area contributed by atoms with E-state index in [1.807, 2.05) is 18.8 Å². The molecule has 0 saturated heterocycles. The molecular weight excluding hydrogens is 374 g/mol. The second-order valence-electron chi connectivity index (χ2n) is 6.95. The first kappa shape index (κ1) is 27.0. The molecule has 0 bridgehead atoms. The fourth-order valence-electron chi connectivity index (χ4n) is 2.74. The normalized spacial score (nSPS) is 12.6. The predicted molar refractivity (Wildman–Crippen MR) is 122 cm³/mol. The Balaban J connectivity index is 3.40. The number of rotatable bonds is 18. The lowest BCUT2D eigenvalue weighted by atomic mass is 10.1. The molecule has 1 atom stereocenters. The van der Waals surface area contributed by atoms with Crippen molar-refractivity contribution in [3.8, 4) is 0 Å². The number of aliphatic hydroxyl groups is 1. The van der Waals surface area contributed by atoms with Crippen LogP contribution in [0.3, 0.4) is 0 Å². The van der Waals surface area contributed by atoms with E-state index in [0.29, 0.717) is 13.0 Å². The molecular formula is C20H43N5O2S. The first-order valence-corrected chi connectivity index (χ1v) is 11.9. The number of aliphatic imine (C=N–C) groups is 1. The van der Waals surface area contributed by atoms with E-state index < -0.39 is 6.04 Å². The van der Waals surface area contributed by atoms with E-state index in [2.05, 4.69) is 20.9 Å². The largest absolute Gasteiger partial charge is 0.396 e. The van der Waals surface area contributed by atoms with Crippen LogP contribution in [-0.2, 0) is 4.79 Å². The van der Waals surface area contributed by atoms with E-state index in [-0.39, 0.29) is 5.91 Å². The van der Waals surface area contributed by atoms with Gasteiger partial charge in [-0.3, -0.25) is 9.79 Å². The SMILES string of the molecule is CN=C(NC)NCCCC(N)C(=O)NCCCCCCSCCCCCCO. The molecule has 0 rings (SSSR count). The molecule has 0 aliphatic carbocycles. The third kappa shape index (κ3) is 17.1. The number of hydrogen-bond donors (Lipinski definition) is 5. The summed E-state index contributed by atoms with van der Waals surface area (Å²) >= 11 is 2.03. The van der Waals surface area contributed by atoms with Gasteiger partial charge in [0.05, 0.1) is 6.04 Å². The number of guanidine groups is 1. The number of unbranched alkanes of at least 4 members (excludes halogenated alkanes) is 6. The minimum absolute atomic E-state index is 0.0465. The zero-order valence-corrected chi connectivity index (χ0v) is 18.8. The molecule has 0 spiro atoms. The summed E-state index contributed by atoms with van der Waals surface area (Å²) in [7, 11) is 3.54. The molecule has 0 aromatic rings. The van der Waals surface area contributed by atoms with Gasteiger partial charge in [-0.15, -0.1) is 0 Å². The molecule has 8 heteroatoms. The molecule has 0 radical (unpaired) electrons. The number of carbonyl (C=O) groups is 1. The lowest BCUT2D eigenvalue weighted by Gasteiger charge is -2.13. The highest BCUT2D eigenvalue weighted by Crippen LogP contribution is 2.11. The average Bonchev–Trinajstić information content (AvgIpc) is 2.71. The Morgan fingerprint density at radius 1 is 0.964 bits per heavy atom. The lowest BCUT2D eigenvalue weighted by molar-refractivity contribution is -0.122. The smallest absolute Gasteiger partial charge is 0.236 e. The number of hydrogen-bond acceptors (Lipinski definition) is 5. The Kier molecular flexibility index (Phi) is 20.0. The van der Waals surface area contributed by atoms with Gasteiger partial charge in [0.25, 0.3) is 0 Å². The Labute approximate surface area is 176 Å². The van der Waals surface area contributed by atoms with Crippen molar-refractivity contribution in [3.63, 3.8) is 0 Å². The van der Waals surface area contributed by atoms with E-state index in [1.165, 1.54) is 37.2 Å². The number of carbonyl (C=O) groups excluding carboxylic acids is 1. The van der Waals surface area contributed by atoms with Crippen LogP contribution in [0.25, 0.3) is 0 Å². The molecule has 1 unspecified atom stereocenters. The number of nitrogens with two attached hydrogens (primary N) is 1. The Morgan fingerprint density at radius 3 is 2.18 bits per heavy atom. The zero-order chi connectivity index (χ0) is 20.9. The minimum Gasteiger partial charge on any atom is -0.396 e. The van der Waals surface area contributed by atoms with Crippen molar-refractivity contribution in [2.75, 3.05) is 45.3 Å². The van der Waals surface area contributed by atoms with E-state index in [4.69, 9.17) is 10.8 Å². The van der Waals surface area contributed by atoms with Crippen molar-refractivity contribution in [3.05, 3.63) is 0 Å². The van der Waals surface area contributed by atoms with Gasteiger partial charge in [0.1, 0.15) is 0 Å². The second kappa shape index (κ2) is 20.7. The Morgan fingerprint density at radius 2 is 1.57 bits per heavy atom. The van der Waals surface area contributed by atoms with E-state index in [1.54, 1.807) is 7.05 Å². The van der Waals surface area contributed by atoms with Crippen molar-refractivity contribution in [2.24, 2.45) is 10.7 Å². The third-order valence-electron chi connectivity index (χ3n) is 4.49. The van der Waals surface area contributed by atoms with Gasteiger partial charge < -0.3 is 26.8 Å². The molecule has 166 valence electrons. The maximum absolute atomic E-state index is 12.0. The van der Waals surface area contributed by atoms with Crippen LogP contribution in [-0.4, -0.2) is 68.3 Å². The highest BCUT2D eigenvalue weighted by atomic mass is 32.2. The van der Waals surface area contributed by atoms with Gasteiger partial charge in [0, 0.05) is 33.8 Å². The molecule has 7 nitrogen and oxygen atoms in total. The summed E-state index contributed by atoms with van der Waals surface area (Å²) in [5.74, 6) is 3.16. The van der Waals surface area contributed by atoms with E-state index in [0.717, 1.165) is 51.2 Å². The summed E-state index contributed by atoms with van der Waals surface area (Å²) in [4.78, 5) is 16.0. The fourth-order valence-corrected chi connectivity index (χ4v) is 3.76. The van der Waals surface area contributed by atoms with Crippen molar-refractivity contribution in [1.29, 1.82) is 0 Å². The van der Waals surface area contributed by atoms with Crippen LogP contribution in [0.2, 0.25) is 0 Å². The summed E-state index contributed by atoms with van der Waals surface area (Å²) in [5, 5.41) is 17.8. The number of amides is 1. The van der Waals surface area contributed by atoms with Crippen LogP contribution in [0.4, 0.5) is 0 Å². The van der Waals surface area contributed by atoms with E-state index in [9.17, 15) is 4.79 Å². The van der Waals surface area contributed by atoms with Gasteiger partial charge in [-0.1, -0.05) is 25.7 Å². The van der Waals surface area contributed by atoms with Gasteiger partial charge in [-0.2, -0.15) is 11.8 Å². The Bertz CT molecular complexity index is 397. The van der Waals surface area contributed by atoms with Gasteiger partial charge >= 0.3 is 0 Å². The highest BCUT2D eigenvalue weighted by Gasteiger charge is 2.12. The first-order valence-electron chi connectivity index (χ1n) is 10.8. The second-order valence-corrected chi connectivity index (χ2v) is 8.18. The molecule has 0 saturated carbocycles. The first-order chi connectivity index (χ1) is 13.7. The summed E-state index contributed by atoms with van der Waals surface area (Å²) in [6.07, 6.45) is 10.7. The van der Waals surface area contributed by atoms with Gasteiger partial charge in [0.15, 0.2) is 5.96 Å². The zero-order valence-electron chi connectivity index (χ0n) is 18.0. The average molecular weight is 418 g/mol. The van der Waals surface area contributed by atoms with Crippen LogP contribution in [0.1, 0.15) is 64.2 Å². The summed E-state index contributed by atoms with van der Waals surface area (Å²) in [5.41, 5.74) is 5.95. The van der Waals surface area contributed by atoms with Crippen molar-refractivity contribution < 1.29 is 9.90 Å². The number of aliphatic hydroxyl groups excluding tert-OH is 1. The van der Waals surface area contributed by atoms with E-state index >= 15 is 0 Å². The molecule has 0 aromatic heterocycles. The van der Waals surface area contributed by atoms with Crippen molar-refractivity contribution in [2.45, 2.75) is 70.3 Å². The molecule has 0 aliphatic heterocycles. The Hall–Kier alpha value is -0.990.